The molecule has 1 aromatic heterocycles. The summed E-state index contributed by atoms with van der Waals surface area (Å²) in [5, 5.41) is 0. The number of pyridine rings is 1. The lowest BCUT2D eigenvalue weighted by molar-refractivity contribution is 0.0948. The average molecular weight is 236 g/mol. The maximum Gasteiger partial charge on any atom is 0.283 e. The summed E-state index contributed by atoms with van der Waals surface area (Å²) in [5.74, 6) is 4.71. The van der Waals surface area contributed by atoms with Crippen LogP contribution >= 0.6 is 0 Å². The zero-order chi connectivity index (χ0) is 12.7. The van der Waals surface area contributed by atoms with Crippen molar-refractivity contribution in [1.82, 2.24) is 15.3 Å². The Hall–Kier alpha value is -1.46. The van der Waals surface area contributed by atoms with E-state index in [4.69, 9.17) is 5.84 Å². The van der Waals surface area contributed by atoms with Crippen molar-refractivity contribution >= 4 is 5.91 Å². The highest BCUT2D eigenvalue weighted by Crippen LogP contribution is 2.03. The van der Waals surface area contributed by atoms with Gasteiger partial charge in [0.05, 0.1) is 5.69 Å². The van der Waals surface area contributed by atoms with Crippen molar-refractivity contribution in [2.24, 2.45) is 5.84 Å². The number of hydrogen-bond acceptors (Lipinski definition) is 4. The van der Waals surface area contributed by atoms with E-state index in [9.17, 15) is 4.79 Å². The Morgan fingerprint density at radius 2 is 2.29 bits per heavy atom. The van der Waals surface area contributed by atoms with E-state index in [1.54, 1.807) is 6.07 Å². The van der Waals surface area contributed by atoms with Crippen LogP contribution in [0.5, 0.6) is 0 Å². The fourth-order valence-electron chi connectivity index (χ4n) is 1.55. The number of nitrogens with zero attached hydrogens (tertiary/aromatic N) is 2. The van der Waals surface area contributed by atoms with Gasteiger partial charge in [-0.05, 0) is 32.1 Å². The summed E-state index contributed by atoms with van der Waals surface area (Å²) < 4.78 is 0. The van der Waals surface area contributed by atoms with E-state index in [-0.39, 0.29) is 5.91 Å². The third-order valence-electron chi connectivity index (χ3n) is 2.50. The summed E-state index contributed by atoms with van der Waals surface area (Å²) in [6, 6.07) is 5.38. The number of unbranched alkanes of at least 4 members (excludes halogenated alkanes) is 1. The number of carbonyl (C=O) groups excluding carboxylic acids is 1. The molecule has 3 N–H and O–H groups in total. The Balaban J connectivity index is 2.62. The first-order valence-electron chi connectivity index (χ1n) is 5.82. The van der Waals surface area contributed by atoms with E-state index in [0.29, 0.717) is 5.69 Å². The zero-order valence-corrected chi connectivity index (χ0v) is 10.4. The van der Waals surface area contributed by atoms with Gasteiger partial charge < -0.3 is 4.90 Å². The van der Waals surface area contributed by atoms with Gasteiger partial charge in [0.2, 0.25) is 0 Å². The molecule has 5 heteroatoms. The van der Waals surface area contributed by atoms with Crippen molar-refractivity contribution in [3.63, 3.8) is 0 Å². The number of rotatable bonds is 6. The predicted molar refractivity (Wildman–Crippen MR) is 67.1 cm³/mol. The summed E-state index contributed by atoms with van der Waals surface area (Å²) in [5.41, 5.74) is 3.32. The average Bonchev–Trinajstić information content (AvgIpc) is 2.35. The first kappa shape index (κ1) is 13.6. The lowest BCUT2D eigenvalue weighted by Crippen LogP contribution is -2.31. The summed E-state index contributed by atoms with van der Waals surface area (Å²) in [6.07, 6.45) is 2.34. The molecular formula is C12H20N4O. The van der Waals surface area contributed by atoms with Gasteiger partial charge in [-0.15, -0.1) is 0 Å². The molecule has 0 unspecified atom stereocenters. The molecule has 0 radical (unpaired) electrons. The van der Waals surface area contributed by atoms with Gasteiger partial charge in [-0.3, -0.25) is 10.2 Å². The Bertz CT molecular complexity index is 367. The third kappa shape index (κ3) is 4.50. The van der Waals surface area contributed by atoms with Crippen LogP contribution in [-0.2, 0) is 6.54 Å². The molecule has 0 bridgehead atoms. The van der Waals surface area contributed by atoms with Gasteiger partial charge in [-0.1, -0.05) is 19.4 Å². The van der Waals surface area contributed by atoms with Crippen LogP contribution in [0.4, 0.5) is 0 Å². The molecule has 0 aliphatic heterocycles. The molecule has 94 valence electrons. The first-order chi connectivity index (χ1) is 8.17. The molecule has 1 heterocycles. The Morgan fingerprint density at radius 3 is 2.94 bits per heavy atom. The molecule has 0 saturated carbocycles. The minimum atomic E-state index is -0.358. The number of nitrogens with one attached hydrogen (secondary N) is 1. The molecule has 1 aromatic rings. The van der Waals surface area contributed by atoms with Crippen LogP contribution in [0.3, 0.4) is 0 Å². The van der Waals surface area contributed by atoms with Crippen LogP contribution in [0.25, 0.3) is 0 Å². The van der Waals surface area contributed by atoms with Crippen molar-refractivity contribution in [2.75, 3.05) is 13.6 Å². The molecule has 17 heavy (non-hydrogen) atoms. The molecule has 5 nitrogen and oxygen atoms in total. The van der Waals surface area contributed by atoms with Crippen LogP contribution in [0.15, 0.2) is 18.2 Å². The van der Waals surface area contributed by atoms with Gasteiger partial charge in [0.15, 0.2) is 0 Å². The number of aromatic nitrogens is 1. The van der Waals surface area contributed by atoms with E-state index in [1.807, 2.05) is 19.2 Å². The summed E-state index contributed by atoms with van der Waals surface area (Å²) in [6.45, 7) is 3.94. The third-order valence-corrected chi connectivity index (χ3v) is 2.50. The fraction of sp³-hybridized carbons (Fsp3) is 0.500. The van der Waals surface area contributed by atoms with E-state index in [1.165, 1.54) is 12.8 Å². The lowest BCUT2D eigenvalue weighted by atomic mass is 10.2. The lowest BCUT2D eigenvalue weighted by Gasteiger charge is -2.15. The van der Waals surface area contributed by atoms with Gasteiger partial charge >= 0.3 is 0 Å². The highest BCUT2D eigenvalue weighted by molar-refractivity contribution is 5.91. The van der Waals surface area contributed by atoms with Crippen LogP contribution in [0.2, 0.25) is 0 Å². The number of hydrogen-bond donors (Lipinski definition) is 2. The largest absolute Gasteiger partial charge is 0.301 e. The number of nitrogen functional groups attached to an aromatic ring is 1. The Labute approximate surface area is 102 Å². The predicted octanol–water partition coefficient (Wildman–Crippen LogP) is 0.917. The molecule has 0 aliphatic carbocycles. The second-order valence-corrected chi connectivity index (χ2v) is 4.08. The standard InChI is InChI=1S/C12H20N4O/c1-3-4-8-16(2)9-10-6-5-7-11(14-10)12(17)15-13/h5-7H,3-4,8-9,13H2,1-2H3,(H,15,17). The van der Waals surface area contributed by atoms with E-state index >= 15 is 0 Å². The number of nitrogens with two attached hydrogens (primary N) is 1. The van der Waals surface area contributed by atoms with Crippen LogP contribution < -0.4 is 11.3 Å². The number of carbonyl (C=O) groups is 1. The van der Waals surface area contributed by atoms with E-state index in [2.05, 4.69) is 22.2 Å². The molecule has 1 rings (SSSR count). The highest BCUT2D eigenvalue weighted by atomic mass is 16.2. The topological polar surface area (TPSA) is 71.2 Å². The summed E-state index contributed by atoms with van der Waals surface area (Å²) in [7, 11) is 2.05. The van der Waals surface area contributed by atoms with Gasteiger partial charge in [0.1, 0.15) is 5.69 Å². The quantitative estimate of drug-likeness (QED) is 0.437. The van der Waals surface area contributed by atoms with Crippen molar-refractivity contribution in [2.45, 2.75) is 26.3 Å². The molecular weight excluding hydrogens is 216 g/mol. The molecule has 0 aliphatic rings. The second kappa shape index (κ2) is 6.98. The maximum absolute atomic E-state index is 11.3. The number of hydrazine groups is 1. The van der Waals surface area contributed by atoms with Gasteiger partial charge in [-0.25, -0.2) is 10.8 Å². The molecule has 0 aromatic carbocycles. The second-order valence-electron chi connectivity index (χ2n) is 4.08. The smallest absolute Gasteiger partial charge is 0.283 e. The zero-order valence-electron chi connectivity index (χ0n) is 10.4. The molecule has 0 spiro atoms. The fourth-order valence-corrected chi connectivity index (χ4v) is 1.55. The molecule has 1 amide bonds. The first-order valence-corrected chi connectivity index (χ1v) is 5.82. The maximum atomic E-state index is 11.3. The molecule has 0 fully saturated rings. The van der Waals surface area contributed by atoms with Crippen molar-refractivity contribution in [3.8, 4) is 0 Å². The van der Waals surface area contributed by atoms with E-state index < -0.39 is 0 Å². The van der Waals surface area contributed by atoms with Gasteiger partial charge in [0, 0.05) is 6.54 Å². The van der Waals surface area contributed by atoms with Crippen LogP contribution in [0.1, 0.15) is 35.9 Å². The van der Waals surface area contributed by atoms with Crippen LogP contribution in [-0.4, -0.2) is 29.4 Å². The molecule has 0 saturated heterocycles. The van der Waals surface area contributed by atoms with Crippen molar-refractivity contribution < 1.29 is 4.79 Å². The summed E-state index contributed by atoms with van der Waals surface area (Å²) in [4.78, 5) is 17.8. The van der Waals surface area contributed by atoms with Crippen LogP contribution in [0, 0.1) is 0 Å². The monoisotopic (exact) mass is 236 g/mol. The summed E-state index contributed by atoms with van der Waals surface area (Å²) >= 11 is 0. The highest BCUT2D eigenvalue weighted by Gasteiger charge is 2.07. The van der Waals surface area contributed by atoms with Crippen molar-refractivity contribution in [3.05, 3.63) is 29.6 Å². The van der Waals surface area contributed by atoms with Gasteiger partial charge in [-0.2, -0.15) is 0 Å². The van der Waals surface area contributed by atoms with Gasteiger partial charge in [0.25, 0.3) is 5.91 Å². The normalized spacial score (nSPS) is 10.6. The van der Waals surface area contributed by atoms with E-state index in [0.717, 1.165) is 18.8 Å². The Morgan fingerprint density at radius 1 is 1.53 bits per heavy atom. The molecule has 0 atom stereocenters. The minimum absolute atomic E-state index is 0.355. The minimum Gasteiger partial charge on any atom is -0.301 e. The SMILES string of the molecule is CCCCN(C)Cc1cccc(C(=O)NN)n1. The number of amides is 1. The Kier molecular flexibility index (Phi) is 5.59. The van der Waals surface area contributed by atoms with Crippen molar-refractivity contribution in [1.29, 1.82) is 0 Å².